The van der Waals surface area contributed by atoms with E-state index in [2.05, 4.69) is 62.3 Å². The Balaban J connectivity index is 4.68. The molecule has 0 amide bonds. The molecule has 2 atom stereocenters. The summed E-state index contributed by atoms with van der Waals surface area (Å²) in [6.45, 7) is 21.6. The first-order valence-electron chi connectivity index (χ1n) is 7.04. The van der Waals surface area contributed by atoms with Crippen molar-refractivity contribution in [2.75, 3.05) is 0 Å². The van der Waals surface area contributed by atoms with E-state index in [4.69, 9.17) is 0 Å². The molecular weight excluding hydrogens is 192 g/mol. The minimum absolute atomic E-state index is 0.448. The lowest BCUT2D eigenvalue weighted by atomic mass is 9.62. The number of rotatable bonds is 6. The van der Waals surface area contributed by atoms with E-state index in [1.165, 1.54) is 12.8 Å². The van der Waals surface area contributed by atoms with Crippen molar-refractivity contribution in [1.82, 2.24) is 0 Å². The van der Waals surface area contributed by atoms with Gasteiger partial charge in [-0.05, 0) is 35.0 Å². The molecule has 0 heterocycles. The van der Waals surface area contributed by atoms with Crippen LogP contribution in [-0.4, -0.2) is 0 Å². The van der Waals surface area contributed by atoms with Crippen LogP contribution >= 0.6 is 0 Å². The zero-order valence-corrected chi connectivity index (χ0v) is 13.1. The first-order chi connectivity index (χ1) is 7.04. The summed E-state index contributed by atoms with van der Waals surface area (Å²) in [4.78, 5) is 0. The van der Waals surface area contributed by atoms with Crippen molar-refractivity contribution >= 4 is 0 Å². The van der Waals surface area contributed by atoms with Crippen molar-refractivity contribution in [2.24, 2.45) is 28.6 Å². The highest BCUT2D eigenvalue weighted by Crippen LogP contribution is 2.45. The third kappa shape index (κ3) is 4.11. The molecule has 0 fully saturated rings. The molecule has 0 rings (SSSR count). The molecule has 0 saturated carbocycles. The van der Waals surface area contributed by atoms with E-state index < -0.39 is 0 Å². The average molecular weight is 226 g/mol. The Morgan fingerprint density at radius 1 is 0.812 bits per heavy atom. The molecule has 0 nitrogen and oxygen atoms in total. The molecule has 0 aromatic rings. The molecule has 0 aromatic heterocycles. The molecule has 0 radical (unpaired) electrons. The van der Waals surface area contributed by atoms with Crippen LogP contribution in [0.25, 0.3) is 0 Å². The Kier molecular flexibility index (Phi) is 5.56. The van der Waals surface area contributed by atoms with Gasteiger partial charge in [-0.25, -0.2) is 0 Å². The standard InChI is InChI=1S/C16H34/c1-10-13(4)14(5)16(8,9)11-15(6,7)12(2)3/h12-14H,10-11H2,1-9H3. The van der Waals surface area contributed by atoms with E-state index in [1.807, 2.05) is 0 Å². The molecule has 0 saturated heterocycles. The first kappa shape index (κ1) is 16.0. The fraction of sp³-hybridized carbons (Fsp3) is 1.00. The van der Waals surface area contributed by atoms with Gasteiger partial charge in [-0.15, -0.1) is 0 Å². The summed E-state index contributed by atoms with van der Waals surface area (Å²) in [6, 6.07) is 0. The van der Waals surface area contributed by atoms with Crippen LogP contribution in [0.4, 0.5) is 0 Å². The Morgan fingerprint density at radius 2 is 1.25 bits per heavy atom. The van der Waals surface area contributed by atoms with Crippen LogP contribution in [0, 0.1) is 28.6 Å². The second-order valence-corrected chi connectivity index (χ2v) is 7.48. The summed E-state index contributed by atoms with van der Waals surface area (Å²) < 4.78 is 0. The minimum Gasteiger partial charge on any atom is -0.0651 e. The highest BCUT2D eigenvalue weighted by atomic mass is 14.4. The van der Waals surface area contributed by atoms with Gasteiger partial charge in [0.25, 0.3) is 0 Å². The molecule has 16 heavy (non-hydrogen) atoms. The van der Waals surface area contributed by atoms with Gasteiger partial charge < -0.3 is 0 Å². The highest BCUT2D eigenvalue weighted by molar-refractivity contribution is 4.86. The van der Waals surface area contributed by atoms with Gasteiger partial charge in [0.2, 0.25) is 0 Å². The molecule has 98 valence electrons. The summed E-state index contributed by atoms with van der Waals surface area (Å²) in [5.74, 6) is 2.39. The largest absolute Gasteiger partial charge is 0.0651 e. The zero-order chi connectivity index (χ0) is 13.1. The topological polar surface area (TPSA) is 0 Å². The molecule has 0 aromatic carbocycles. The van der Waals surface area contributed by atoms with Crippen molar-refractivity contribution < 1.29 is 0 Å². The van der Waals surface area contributed by atoms with E-state index in [-0.39, 0.29) is 0 Å². The van der Waals surface area contributed by atoms with Crippen LogP contribution in [0.5, 0.6) is 0 Å². The van der Waals surface area contributed by atoms with Crippen LogP contribution in [0.15, 0.2) is 0 Å². The molecule has 0 aliphatic carbocycles. The smallest absolute Gasteiger partial charge is 0.0321 e. The number of hydrogen-bond acceptors (Lipinski definition) is 0. The fourth-order valence-electron chi connectivity index (χ4n) is 2.66. The second-order valence-electron chi connectivity index (χ2n) is 7.48. The van der Waals surface area contributed by atoms with Crippen LogP contribution in [0.3, 0.4) is 0 Å². The maximum atomic E-state index is 2.45. The van der Waals surface area contributed by atoms with Crippen LogP contribution in [-0.2, 0) is 0 Å². The summed E-state index contributed by atoms with van der Waals surface area (Å²) in [5, 5.41) is 0. The van der Waals surface area contributed by atoms with Crippen LogP contribution in [0.2, 0.25) is 0 Å². The van der Waals surface area contributed by atoms with Gasteiger partial charge in [-0.1, -0.05) is 68.7 Å². The average Bonchev–Trinajstić information content (AvgIpc) is 2.13. The quantitative estimate of drug-likeness (QED) is 0.539. The van der Waals surface area contributed by atoms with Crippen molar-refractivity contribution in [3.63, 3.8) is 0 Å². The summed E-state index contributed by atoms with van der Waals surface area (Å²) in [7, 11) is 0. The van der Waals surface area contributed by atoms with Crippen molar-refractivity contribution in [2.45, 2.75) is 75.2 Å². The lowest BCUT2D eigenvalue weighted by molar-refractivity contribution is 0.0690. The van der Waals surface area contributed by atoms with Gasteiger partial charge in [0, 0.05) is 0 Å². The highest BCUT2D eigenvalue weighted by Gasteiger charge is 2.36. The van der Waals surface area contributed by atoms with E-state index in [0.29, 0.717) is 10.8 Å². The van der Waals surface area contributed by atoms with E-state index in [0.717, 1.165) is 17.8 Å². The Morgan fingerprint density at radius 3 is 1.56 bits per heavy atom. The summed E-state index contributed by atoms with van der Waals surface area (Å²) >= 11 is 0. The summed E-state index contributed by atoms with van der Waals surface area (Å²) in [5.41, 5.74) is 0.897. The molecule has 0 heteroatoms. The van der Waals surface area contributed by atoms with Crippen LogP contribution in [0.1, 0.15) is 75.2 Å². The minimum atomic E-state index is 0.448. The second kappa shape index (κ2) is 5.56. The normalized spacial score (nSPS) is 17.6. The van der Waals surface area contributed by atoms with Crippen molar-refractivity contribution in [1.29, 1.82) is 0 Å². The lowest BCUT2D eigenvalue weighted by Gasteiger charge is -2.43. The monoisotopic (exact) mass is 226 g/mol. The summed E-state index contributed by atoms with van der Waals surface area (Å²) in [6.07, 6.45) is 2.62. The fourth-order valence-corrected chi connectivity index (χ4v) is 2.66. The first-order valence-corrected chi connectivity index (χ1v) is 7.04. The van der Waals surface area contributed by atoms with Crippen molar-refractivity contribution in [3.05, 3.63) is 0 Å². The van der Waals surface area contributed by atoms with Crippen LogP contribution < -0.4 is 0 Å². The van der Waals surface area contributed by atoms with E-state index >= 15 is 0 Å². The van der Waals surface area contributed by atoms with Gasteiger partial charge in [-0.2, -0.15) is 0 Å². The molecule has 0 N–H and O–H groups in total. The number of hydrogen-bond donors (Lipinski definition) is 0. The van der Waals surface area contributed by atoms with E-state index in [1.54, 1.807) is 0 Å². The maximum Gasteiger partial charge on any atom is -0.0321 e. The molecule has 0 spiro atoms. The maximum absolute atomic E-state index is 2.45. The third-order valence-electron chi connectivity index (χ3n) is 5.20. The Bertz CT molecular complexity index is 198. The molecular formula is C16H34. The molecule has 0 aliphatic heterocycles. The Hall–Kier alpha value is 0. The van der Waals surface area contributed by atoms with Gasteiger partial charge in [0.05, 0.1) is 0 Å². The predicted molar refractivity (Wildman–Crippen MR) is 75.6 cm³/mol. The zero-order valence-electron chi connectivity index (χ0n) is 13.1. The molecule has 2 unspecified atom stereocenters. The Labute approximate surface area is 104 Å². The molecule has 0 bridgehead atoms. The predicted octanol–water partition coefficient (Wildman–Crippen LogP) is 5.77. The van der Waals surface area contributed by atoms with Crippen molar-refractivity contribution in [3.8, 4) is 0 Å². The SMILES string of the molecule is CCC(C)C(C)C(C)(C)CC(C)(C)C(C)C. The van der Waals surface area contributed by atoms with E-state index in [9.17, 15) is 0 Å². The third-order valence-corrected chi connectivity index (χ3v) is 5.20. The molecule has 0 aliphatic rings. The van der Waals surface area contributed by atoms with Gasteiger partial charge >= 0.3 is 0 Å². The van der Waals surface area contributed by atoms with Gasteiger partial charge in [0.15, 0.2) is 0 Å². The van der Waals surface area contributed by atoms with Gasteiger partial charge in [-0.3, -0.25) is 0 Å². The van der Waals surface area contributed by atoms with Gasteiger partial charge in [0.1, 0.15) is 0 Å². The lowest BCUT2D eigenvalue weighted by Crippen LogP contribution is -2.34.